The summed E-state index contributed by atoms with van der Waals surface area (Å²) in [6.45, 7) is 8.79. The largest absolute Gasteiger partial charge is 0.341 e. The van der Waals surface area contributed by atoms with Crippen LogP contribution in [0, 0.1) is 12.3 Å². The molecular formula is C13H22N4O. The van der Waals surface area contributed by atoms with Gasteiger partial charge in [0.25, 0.3) is 5.91 Å². The second-order valence-electron chi connectivity index (χ2n) is 5.74. The molecule has 0 aromatic carbocycles. The number of hydrogen-bond acceptors (Lipinski definition) is 4. The quantitative estimate of drug-likeness (QED) is 0.634. The van der Waals surface area contributed by atoms with Gasteiger partial charge in [0, 0.05) is 25.5 Å². The lowest BCUT2D eigenvalue weighted by Crippen LogP contribution is -2.35. The summed E-state index contributed by atoms with van der Waals surface area (Å²) in [5, 5.41) is 0. The highest BCUT2D eigenvalue weighted by Gasteiger charge is 2.21. The average Bonchev–Trinajstić information content (AvgIpc) is 2.25. The Kier molecular flexibility index (Phi) is 4.29. The molecule has 0 atom stereocenters. The van der Waals surface area contributed by atoms with Crippen molar-refractivity contribution in [1.29, 1.82) is 0 Å². The Morgan fingerprint density at radius 2 is 2.11 bits per heavy atom. The number of aryl methyl sites for hydroxylation is 1. The first-order valence-corrected chi connectivity index (χ1v) is 5.93. The molecule has 0 saturated heterocycles. The summed E-state index contributed by atoms with van der Waals surface area (Å²) in [7, 11) is 1.79. The summed E-state index contributed by atoms with van der Waals surface area (Å²) < 4.78 is 0. The number of hydrazine groups is 1. The van der Waals surface area contributed by atoms with E-state index in [0.717, 1.165) is 5.69 Å². The molecule has 1 rings (SSSR count). The van der Waals surface area contributed by atoms with Crippen molar-refractivity contribution in [2.75, 3.05) is 19.0 Å². The van der Waals surface area contributed by atoms with Crippen LogP contribution in [0.3, 0.4) is 0 Å². The van der Waals surface area contributed by atoms with Crippen LogP contribution >= 0.6 is 0 Å². The molecule has 5 nitrogen and oxygen atoms in total. The van der Waals surface area contributed by atoms with Gasteiger partial charge in [0.2, 0.25) is 0 Å². The molecular weight excluding hydrogens is 228 g/mol. The van der Waals surface area contributed by atoms with Gasteiger partial charge in [0.15, 0.2) is 0 Å². The SMILES string of the molecule is Cc1cc(NN)c(C(=O)N(C)CC(C)(C)C)cn1. The van der Waals surface area contributed by atoms with Crippen LogP contribution in [0.5, 0.6) is 0 Å². The molecule has 100 valence electrons. The van der Waals surface area contributed by atoms with Crippen molar-refractivity contribution in [3.8, 4) is 0 Å². The number of hydrogen-bond donors (Lipinski definition) is 2. The van der Waals surface area contributed by atoms with Crippen LogP contribution in [0.2, 0.25) is 0 Å². The number of aromatic nitrogens is 1. The Morgan fingerprint density at radius 3 is 2.61 bits per heavy atom. The molecule has 0 unspecified atom stereocenters. The van der Waals surface area contributed by atoms with Crippen molar-refractivity contribution in [3.63, 3.8) is 0 Å². The molecule has 5 heteroatoms. The highest BCUT2D eigenvalue weighted by Crippen LogP contribution is 2.19. The van der Waals surface area contributed by atoms with Crippen LogP contribution in [0.25, 0.3) is 0 Å². The molecule has 0 radical (unpaired) electrons. The highest BCUT2D eigenvalue weighted by atomic mass is 16.2. The number of rotatable bonds is 3. The van der Waals surface area contributed by atoms with Crippen molar-refractivity contribution in [3.05, 3.63) is 23.5 Å². The smallest absolute Gasteiger partial charge is 0.257 e. The van der Waals surface area contributed by atoms with Crippen LogP contribution in [0.4, 0.5) is 5.69 Å². The molecule has 0 fully saturated rings. The zero-order chi connectivity index (χ0) is 13.9. The van der Waals surface area contributed by atoms with Gasteiger partial charge >= 0.3 is 0 Å². The van der Waals surface area contributed by atoms with E-state index in [2.05, 4.69) is 31.2 Å². The van der Waals surface area contributed by atoms with E-state index in [-0.39, 0.29) is 11.3 Å². The first-order chi connectivity index (χ1) is 8.24. The zero-order valence-corrected chi connectivity index (χ0v) is 11.7. The lowest BCUT2D eigenvalue weighted by atomic mass is 9.96. The summed E-state index contributed by atoms with van der Waals surface area (Å²) in [6, 6.07) is 1.76. The molecule has 0 aliphatic heterocycles. The number of nitrogens with one attached hydrogen (secondary N) is 1. The van der Waals surface area contributed by atoms with Gasteiger partial charge in [-0.1, -0.05) is 20.8 Å². The normalized spacial score (nSPS) is 11.2. The Morgan fingerprint density at radius 1 is 1.50 bits per heavy atom. The van der Waals surface area contributed by atoms with Crippen molar-refractivity contribution >= 4 is 11.6 Å². The van der Waals surface area contributed by atoms with E-state index in [4.69, 9.17) is 5.84 Å². The summed E-state index contributed by atoms with van der Waals surface area (Å²) in [5.74, 6) is 5.36. The lowest BCUT2D eigenvalue weighted by molar-refractivity contribution is 0.0746. The van der Waals surface area contributed by atoms with Gasteiger partial charge in [-0.15, -0.1) is 0 Å². The zero-order valence-electron chi connectivity index (χ0n) is 11.7. The summed E-state index contributed by atoms with van der Waals surface area (Å²) in [5.41, 5.74) is 4.52. The third kappa shape index (κ3) is 3.70. The first-order valence-electron chi connectivity index (χ1n) is 5.93. The molecule has 0 spiro atoms. The second kappa shape index (κ2) is 5.35. The van der Waals surface area contributed by atoms with Gasteiger partial charge in [-0.3, -0.25) is 15.6 Å². The van der Waals surface area contributed by atoms with Crippen LogP contribution in [0.1, 0.15) is 36.8 Å². The number of pyridine rings is 1. The van der Waals surface area contributed by atoms with E-state index in [1.54, 1.807) is 24.2 Å². The number of carbonyl (C=O) groups excluding carboxylic acids is 1. The predicted molar refractivity (Wildman–Crippen MR) is 73.2 cm³/mol. The fourth-order valence-electron chi connectivity index (χ4n) is 1.84. The Labute approximate surface area is 108 Å². The maximum Gasteiger partial charge on any atom is 0.257 e. The number of anilines is 1. The van der Waals surface area contributed by atoms with E-state index in [1.807, 2.05) is 6.92 Å². The Hall–Kier alpha value is -1.62. The summed E-state index contributed by atoms with van der Waals surface area (Å²) >= 11 is 0. The first kappa shape index (κ1) is 14.4. The molecule has 18 heavy (non-hydrogen) atoms. The summed E-state index contributed by atoms with van der Waals surface area (Å²) in [4.78, 5) is 18.1. The molecule has 0 aliphatic rings. The third-order valence-electron chi connectivity index (χ3n) is 2.48. The van der Waals surface area contributed by atoms with Crippen LogP contribution in [-0.4, -0.2) is 29.4 Å². The molecule has 1 amide bonds. The van der Waals surface area contributed by atoms with E-state index >= 15 is 0 Å². The van der Waals surface area contributed by atoms with Gasteiger partial charge in [-0.05, 0) is 18.4 Å². The van der Waals surface area contributed by atoms with Crippen LogP contribution in [0.15, 0.2) is 12.3 Å². The summed E-state index contributed by atoms with van der Waals surface area (Å²) in [6.07, 6.45) is 1.56. The Bertz CT molecular complexity index is 437. The van der Waals surface area contributed by atoms with Gasteiger partial charge in [0.05, 0.1) is 11.3 Å². The van der Waals surface area contributed by atoms with Gasteiger partial charge in [-0.2, -0.15) is 0 Å². The van der Waals surface area contributed by atoms with E-state index < -0.39 is 0 Å². The highest BCUT2D eigenvalue weighted by molar-refractivity contribution is 5.99. The fraction of sp³-hybridized carbons (Fsp3) is 0.538. The van der Waals surface area contributed by atoms with Crippen molar-refractivity contribution < 1.29 is 4.79 Å². The minimum Gasteiger partial charge on any atom is -0.341 e. The molecule has 1 heterocycles. The topological polar surface area (TPSA) is 71.2 Å². The Balaban J connectivity index is 2.96. The minimum absolute atomic E-state index is 0.0544. The molecule has 1 aromatic rings. The number of nitrogen functional groups attached to an aromatic ring is 1. The molecule has 1 aromatic heterocycles. The molecule has 0 saturated carbocycles. The van der Waals surface area contributed by atoms with Gasteiger partial charge < -0.3 is 10.3 Å². The maximum atomic E-state index is 12.3. The van der Waals surface area contributed by atoms with Crippen LogP contribution < -0.4 is 11.3 Å². The fourth-order valence-corrected chi connectivity index (χ4v) is 1.84. The van der Waals surface area contributed by atoms with Crippen molar-refractivity contribution in [2.45, 2.75) is 27.7 Å². The molecule has 0 aliphatic carbocycles. The molecule has 3 N–H and O–H groups in total. The number of nitrogens with zero attached hydrogens (tertiary/aromatic N) is 2. The van der Waals surface area contributed by atoms with E-state index in [9.17, 15) is 4.79 Å². The number of amides is 1. The van der Waals surface area contributed by atoms with E-state index in [1.165, 1.54) is 0 Å². The van der Waals surface area contributed by atoms with Crippen LogP contribution in [-0.2, 0) is 0 Å². The van der Waals surface area contributed by atoms with Crippen molar-refractivity contribution in [1.82, 2.24) is 9.88 Å². The van der Waals surface area contributed by atoms with E-state index in [0.29, 0.717) is 17.8 Å². The minimum atomic E-state index is -0.0784. The predicted octanol–water partition coefficient (Wildman–Crippen LogP) is 1.79. The monoisotopic (exact) mass is 250 g/mol. The number of carbonyl (C=O) groups is 1. The standard InChI is InChI=1S/C13H22N4O/c1-9-6-11(16-14)10(7-15-9)12(18)17(5)8-13(2,3)4/h6-7H,8,14H2,1-5H3,(H,15,16). The maximum absolute atomic E-state index is 12.3. The lowest BCUT2D eigenvalue weighted by Gasteiger charge is -2.27. The van der Waals surface area contributed by atoms with Gasteiger partial charge in [0.1, 0.15) is 0 Å². The third-order valence-corrected chi connectivity index (χ3v) is 2.48. The second-order valence-corrected chi connectivity index (χ2v) is 5.74. The average molecular weight is 250 g/mol. The van der Waals surface area contributed by atoms with Crippen molar-refractivity contribution in [2.24, 2.45) is 11.3 Å². The van der Waals surface area contributed by atoms with Gasteiger partial charge in [-0.25, -0.2) is 0 Å². The number of nitrogens with two attached hydrogens (primary N) is 1. The molecule has 0 bridgehead atoms.